The van der Waals surface area contributed by atoms with Crippen LogP contribution in [0.1, 0.15) is 11.1 Å². The number of hydrogen-bond acceptors (Lipinski definition) is 5. The Kier molecular flexibility index (Phi) is 7.19. The molecule has 0 unspecified atom stereocenters. The maximum atomic E-state index is 13.5. The van der Waals surface area contributed by atoms with Crippen molar-refractivity contribution in [2.45, 2.75) is 18.5 Å². The summed E-state index contributed by atoms with van der Waals surface area (Å²) in [7, 11) is 0. The van der Waals surface area contributed by atoms with E-state index in [-0.39, 0.29) is 12.1 Å². The number of carbonyl (C=O) groups is 1. The zero-order chi connectivity index (χ0) is 27.8. The zero-order valence-corrected chi connectivity index (χ0v) is 17.3. The number of benzene rings is 2. The van der Waals surface area contributed by atoms with Crippen LogP contribution < -0.4 is 14.8 Å². The number of nitrogens with zero attached hydrogens (tertiary/aromatic N) is 2. The highest BCUT2D eigenvalue weighted by Crippen LogP contribution is 2.40. The third-order valence-electron chi connectivity index (χ3n) is 4.19. The molecule has 6 nitrogen and oxygen atoms in total. The van der Waals surface area contributed by atoms with E-state index in [9.17, 15) is 53.1 Å². The second-order valence-electron chi connectivity index (χ2n) is 6.79. The molecule has 198 valence electrons. The summed E-state index contributed by atoms with van der Waals surface area (Å²) in [6.07, 6.45) is -15.4. The molecule has 0 fully saturated rings. The Morgan fingerprint density at radius 2 is 1.11 bits per heavy atom. The first-order valence-corrected chi connectivity index (χ1v) is 9.29. The average Bonchev–Trinajstić information content (AvgIpc) is 2.76. The van der Waals surface area contributed by atoms with Crippen LogP contribution in [0.25, 0.3) is 0 Å². The Bertz CT molecular complexity index is 1240. The highest BCUT2D eigenvalue weighted by Gasteiger charge is 2.40. The van der Waals surface area contributed by atoms with Gasteiger partial charge in [0.25, 0.3) is 11.8 Å². The van der Waals surface area contributed by atoms with Gasteiger partial charge in [-0.05, 0) is 36.4 Å². The lowest BCUT2D eigenvalue weighted by molar-refractivity contribution is -0.167. The molecule has 3 rings (SSSR count). The van der Waals surface area contributed by atoms with Gasteiger partial charge in [-0.2, -0.15) is 49.5 Å². The number of alkyl halides is 9. The van der Waals surface area contributed by atoms with E-state index in [0.717, 1.165) is 0 Å². The summed E-state index contributed by atoms with van der Waals surface area (Å²) in [4.78, 5) is 18.3. The van der Waals surface area contributed by atoms with Crippen LogP contribution >= 0.6 is 0 Å². The van der Waals surface area contributed by atoms with Crippen LogP contribution in [-0.4, -0.2) is 22.1 Å². The maximum absolute atomic E-state index is 13.5. The molecule has 1 amide bonds. The van der Waals surface area contributed by atoms with Gasteiger partial charge in [0.1, 0.15) is 29.5 Å². The van der Waals surface area contributed by atoms with Gasteiger partial charge in [0.05, 0.1) is 11.1 Å². The summed E-state index contributed by atoms with van der Waals surface area (Å²) in [6, 6.07) is 2.17. The second kappa shape index (κ2) is 9.70. The van der Waals surface area contributed by atoms with Gasteiger partial charge in [-0.1, -0.05) is 0 Å². The second-order valence-corrected chi connectivity index (χ2v) is 6.79. The van der Waals surface area contributed by atoms with Crippen molar-refractivity contribution < 1.29 is 62.6 Å². The van der Waals surface area contributed by atoms with Crippen LogP contribution in [0.2, 0.25) is 0 Å². The van der Waals surface area contributed by atoms with Gasteiger partial charge in [0.15, 0.2) is 5.69 Å². The molecular weight excluding hydrogens is 539 g/mol. The molecule has 0 bridgehead atoms. The molecule has 0 saturated carbocycles. The highest BCUT2D eigenvalue weighted by atomic mass is 19.4. The molecule has 1 N–H and O–H groups in total. The van der Waals surface area contributed by atoms with Crippen LogP contribution in [0.3, 0.4) is 0 Å². The lowest BCUT2D eigenvalue weighted by atomic mass is 10.2. The minimum atomic E-state index is -5.54. The predicted molar refractivity (Wildman–Crippen MR) is 99.7 cm³/mol. The Hall–Kier alpha value is -4.18. The van der Waals surface area contributed by atoms with Crippen LogP contribution in [0.4, 0.5) is 54.0 Å². The topological polar surface area (TPSA) is 73.3 Å². The van der Waals surface area contributed by atoms with Gasteiger partial charge in [-0.25, -0.2) is 8.78 Å². The molecule has 0 saturated heterocycles. The SMILES string of the molecule is O=C(Nc1c(Oc2ccc(F)c(C(F)(F)F)c2)ncnc1Oc1ccc(F)c(C(F)(F)F)c1)C(F)(F)F. The lowest BCUT2D eigenvalue weighted by Gasteiger charge is -2.17. The van der Waals surface area contributed by atoms with Crippen LogP contribution in [0, 0.1) is 11.6 Å². The molecule has 3 aromatic rings. The molecule has 0 spiro atoms. The van der Waals surface area contributed by atoms with E-state index >= 15 is 0 Å². The quantitative estimate of drug-likeness (QED) is 0.353. The number of rotatable bonds is 5. The van der Waals surface area contributed by atoms with Crippen molar-refractivity contribution in [3.63, 3.8) is 0 Å². The summed E-state index contributed by atoms with van der Waals surface area (Å²) < 4.78 is 153. The first-order chi connectivity index (χ1) is 17.0. The van der Waals surface area contributed by atoms with Crippen LogP contribution in [-0.2, 0) is 17.1 Å². The number of aromatic nitrogens is 2. The third-order valence-corrected chi connectivity index (χ3v) is 4.19. The summed E-state index contributed by atoms with van der Waals surface area (Å²) >= 11 is 0. The molecule has 0 aliphatic rings. The number of anilines is 1. The molecule has 0 radical (unpaired) electrons. The first kappa shape index (κ1) is 27.4. The van der Waals surface area contributed by atoms with Crippen LogP contribution in [0.15, 0.2) is 42.7 Å². The van der Waals surface area contributed by atoms with Crippen molar-refractivity contribution >= 4 is 11.6 Å². The van der Waals surface area contributed by atoms with Crippen molar-refractivity contribution in [1.82, 2.24) is 9.97 Å². The standard InChI is InChI=1S/C20H8F11N3O3/c21-12-3-1-8(5-10(12)18(23,24)25)36-15-14(34-17(35)20(29,30)31)16(33-7-32-15)37-9-2-4-13(22)11(6-9)19(26,27)28/h1-7H,(H,34,35). The van der Waals surface area contributed by atoms with Crippen molar-refractivity contribution in [3.05, 3.63) is 65.5 Å². The molecule has 37 heavy (non-hydrogen) atoms. The molecule has 0 aliphatic heterocycles. The monoisotopic (exact) mass is 547 g/mol. The third kappa shape index (κ3) is 6.53. The van der Waals surface area contributed by atoms with Gasteiger partial charge >= 0.3 is 24.4 Å². The van der Waals surface area contributed by atoms with E-state index < -0.39 is 76.1 Å². The largest absolute Gasteiger partial charge is 0.471 e. The smallest absolute Gasteiger partial charge is 0.437 e. The number of carbonyl (C=O) groups excluding carboxylic acids is 1. The molecular formula is C20H8F11N3O3. The number of hydrogen-bond donors (Lipinski definition) is 1. The predicted octanol–water partition coefficient (Wildman–Crippen LogP) is 6.88. The molecule has 2 aromatic carbocycles. The fraction of sp³-hybridized carbons (Fsp3) is 0.150. The van der Waals surface area contributed by atoms with Gasteiger partial charge < -0.3 is 14.8 Å². The fourth-order valence-electron chi connectivity index (χ4n) is 2.59. The van der Waals surface area contributed by atoms with E-state index in [0.29, 0.717) is 30.6 Å². The number of halogens is 11. The molecule has 1 aromatic heterocycles. The number of nitrogens with one attached hydrogen (secondary N) is 1. The average molecular weight is 547 g/mol. The Labute approximate surface area is 197 Å². The van der Waals surface area contributed by atoms with E-state index in [1.54, 1.807) is 0 Å². The summed E-state index contributed by atoms with van der Waals surface area (Å²) in [5.41, 5.74) is -4.81. The summed E-state index contributed by atoms with van der Waals surface area (Å²) in [5, 5.41) is 1.24. The van der Waals surface area contributed by atoms with Gasteiger partial charge in [-0.15, -0.1) is 0 Å². The van der Waals surface area contributed by atoms with E-state index in [1.807, 2.05) is 0 Å². The fourth-order valence-corrected chi connectivity index (χ4v) is 2.59. The summed E-state index contributed by atoms with van der Waals surface area (Å²) in [5.74, 6) is -9.88. The number of ether oxygens (including phenoxy) is 2. The maximum Gasteiger partial charge on any atom is 0.471 e. The van der Waals surface area contributed by atoms with Gasteiger partial charge in [-0.3, -0.25) is 4.79 Å². The molecule has 1 heterocycles. The van der Waals surface area contributed by atoms with Crippen molar-refractivity contribution in [3.8, 4) is 23.3 Å². The summed E-state index contributed by atoms with van der Waals surface area (Å²) in [6.45, 7) is 0. The molecule has 0 aliphatic carbocycles. The minimum Gasteiger partial charge on any atom is -0.437 e. The first-order valence-electron chi connectivity index (χ1n) is 9.29. The Morgan fingerprint density at radius 1 is 0.703 bits per heavy atom. The van der Waals surface area contributed by atoms with Crippen LogP contribution in [0.5, 0.6) is 23.3 Å². The lowest BCUT2D eigenvalue weighted by Crippen LogP contribution is -2.30. The Morgan fingerprint density at radius 3 is 1.46 bits per heavy atom. The van der Waals surface area contributed by atoms with Gasteiger partial charge in [0, 0.05) is 0 Å². The van der Waals surface area contributed by atoms with Crippen molar-refractivity contribution in [2.24, 2.45) is 0 Å². The highest BCUT2D eigenvalue weighted by molar-refractivity contribution is 5.97. The van der Waals surface area contributed by atoms with E-state index in [4.69, 9.17) is 9.47 Å². The Balaban J connectivity index is 2.08. The van der Waals surface area contributed by atoms with Crippen molar-refractivity contribution in [2.75, 3.05) is 5.32 Å². The van der Waals surface area contributed by atoms with Gasteiger partial charge in [0.2, 0.25) is 0 Å². The van der Waals surface area contributed by atoms with Crippen molar-refractivity contribution in [1.29, 1.82) is 0 Å². The zero-order valence-electron chi connectivity index (χ0n) is 17.3. The van der Waals surface area contributed by atoms with E-state index in [2.05, 4.69) is 9.97 Å². The normalized spacial score (nSPS) is 12.3. The minimum absolute atomic E-state index is 0.128. The van der Waals surface area contributed by atoms with E-state index in [1.165, 1.54) is 5.32 Å². The molecule has 17 heteroatoms. The number of amides is 1. The molecule has 0 atom stereocenters.